The van der Waals surface area contributed by atoms with Gasteiger partial charge in [0.05, 0.1) is 6.42 Å². The zero-order valence-corrected chi connectivity index (χ0v) is 13.2. The number of anilines is 1. The fraction of sp³-hybridized carbons (Fsp3) is 0.529. The maximum atomic E-state index is 11.7. The van der Waals surface area contributed by atoms with Crippen LogP contribution in [0.2, 0.25) is 0 Å². The molecule has 0 fully saturated rings. The Balaban J connectivity index is 1.63. The number of aryl methyl sites for hydroxylation is 1. The van der Waals surface area contributed by atoms with Crippen LogP contribution < -0.4 is 16.0 Å². The van der Waals surface area contributed by atoms with E-state index in [1.807, 2.05) is 12.1 Å². The second-order valence-electron chi connectivity index (χ2n) is 5.67. The third-order valence-electron chi connectivity index (χ3n) is 3.71. The number of hydrogen-bond donors (Lipinski definition) is 3. The molecule has 3 N–H and O–H groups in total. The summed E-state index contributed by atoms with van der Waals surface area (Å²) < 4.78 is 0. The van der Waals surface area contributed by atoms with Crippen LogP contribution >= 0.6 is 0 Å². The normalized spacial score (nSPS) is 12.9. The molecule has 0 bridgehead atoms. The van der Waals surface area contributed by atoms with Crippen LogP contribution in [-0.4, -0.2) is 31.4 Å². The lowest BCUT2D eigenvalue weighted by Gasteiger charge is -2.07. The van der Waals surface area contributed by atoms with Gasteiger partial charge in [0.1, 0.15) is 0 Å². The molecule has 5 heteroatoms. The Morgan fingerprint density at radius 1 is 1.27 bits per heavy atom. The Morgan fingerprint density at radius 3 is 2.95 bits per heavy atom. The van der Waals surface area contributed by atoms with Crippen LogP contribution in [0.3, 0.4) is 0 Å². The molecular formula is C17H25N3O2. The molecule has 1 aromatic carbocycles. The molecule has 1 aliphatic heterocycles. The van der Waals surface area contributed by atoms with Gasteiger partial charge in [-0.25, -0.2) is 0 Å². The molecule has 120 valence electrons. The van der Waals surface area contributed by atoms with Crippen LogP contribution in [0.25, 0.3) is 0 Å². The summed E-state index contributed by atoms with van der Waals surface area (Å²) in [5, 5.41) is 9.00. The number of nitrogens with one attached hydrogen (secondary N) is 3. The van der Waals surface area contributed by atoms with Gasteiger partial charge < -0.3 is 16.0 Å². The number of carbonyl (C=O) groups excluding carboxylic acids is 2. The Morgan fingerprint density at radius 2 is 2.14 bits per heavy atom. The van der Waals surface area contributed by atoms with E-state index in [0.717, 1.165) is 43.6 Å². The average molecular weight is 303 g/mol. The molecule has 0 radical (unpaired) electrons. The zero-order chi connectivity index (χ0) is 15.8. The largest absolute Gasteiger partial charge is 0.355 e. The lowest BCUT2D eigenvalue weighted by atomic mass is 10.0. The minimum absolute atomic E-state index is 0.0585. The highest BCUT2D eigenvalue weighted by atomic mass is 16.2. The molecule has 1 aliphatic rings. The number of carbonyl (C=O) groups is 2. The Kier molecular flexibility index (Phi) is 6.40. The van der Waals surface area contributed by atoms with Gasteiger partial charge in [-0.15, -0.1) is 0 Å². The maximum Gasteiger partial charge on any atom is 0.228 e. The van der Waals surface area contributed by atoms with Gasteiger partial charge in [-0.3, -0.25) is 9.59 Å². The van der Waals surface area contributed by atoms with E-state index < -0.39 is 0 Å². The summed E-state index contributed by atoms with van der Waals surface area (Å²) in [4.78, 5) is 23.0. The number of fused-ring (bicyclic) bond motifs is 1. The zero-order valence-electron chi connectivity index (χ0n) is 13.2. The fourth-order valence-corrected chi connectivity index (χ4v) is 2.57. The minimum Gasteiger partial charge on any atom is -0.355 e. The van der Waals surface area contributed by atoms with Crippen molar-refractivity contribution in [3.05, 3.63) is 29.3 Å². The van der Waals surface area contributed by atoms with E-state index in [2.05, 4.69) is 28.9 Å². The van der Waals surface area contributed by atoms with E-state index >= 15 is 0 Å². The third-order valence-corrected chi connectivity index (χ3v) is 3.71. The first-order valence-electron chi connectivity index (χ1n) is 8.08. The molecule has 2 amide bonds. The van der Waals surface area contributed by atoms with Crippen molar-refractivity contribution in [2.45, 2.75) is 39.0 Å². The summed E-state index contributed by atoms with van der Waals surface area (Å²) >= 11 is 0. The highest BCUT2D eigenvalue weighted by Crippen LogP contribution is 2.24. The molecule has 0 spiro atoms. The summed E-state index contributed by atoms with van der Waals surface area (Å²) in [6, 6.07) is 6.05. The summed E-state index contributed by atoms with van der Waals surface area (Å²) in [6.07, 6.45) is 3.81. The monoisotopic (exact) mass is 303 g/mol. The van der Waals surface area contributed by atoms with Crippen LogP contribution in [0.15, 0.2) is 18.2 Å². The van der Waals surface area contributed by atoms with Crippen LogP contribution in [0.1, 0.15) is 37.3 Å². The van der Waals surface area contributed by atoms with Crippen LogP contribution in [-0.2, 0) is 22.4 Å². The Labute approximate surface area is 131 Å². The molecular weight excluding hydrogens is 278 g/mol. The molecule has 0 atom stereocenters. The maximum absolute atomic E-state index is 11.7. The fourth-order valence-electron chi connectivity index (χ4n) is 2.57. The van der Waals surface area contributed by atoms with Crippen molar-refractivity contribution in [1.82, 2.24) is 10.6 Å². The highest BCUT2D eigenvalue weighted by molar-refractivity contribution is 5.99. The van der Waals surface area contributed by atoms with E-state index in [1.54, 1.807) is 0 Å². The number of rotatable bonds is 9. The lowest BCUT2D eigenvalue weighted by molar-refractivity contribution is -0.121. The molecule has 0 saturated carbocycles. The van der Waals surface area contributed by atoms with E-state index in [-0.39, 0.29) is 11.8 Å². The van der Waals surface area contributed by atoms with Crippen LogP contribution in [0.5, 0.6) is 0 Å². The molecule has 0 unspecified atom stereocenters. The molecule has 0 aromatic heterocycles. The molecule has 0 aliphatic carbocycles. The Bertz CT molecular complexity index is 529. The molecule has 5 nitrogen and oxygen atoms in total. The van der Waals surface area contributed by atoms with Gasteiger partial charge in [-0.2, -0.15) is 0 Å². The predicted octanol–water partition coefficient (Wildman–Crippen LogP) is 1.62. The molecule has 1 heterocycles. The average Bonchev–Trinajstić information content (AvgIpc) is 2.86. The lowest BCUT2D eigenvalue weighted by Crippen LogP contribution is -2.31. The number of benzene rings is 1. The van der Waals surface area contributed by atoms with Gasteiger partial charge in [-0.05, 0) is 43.0 Å². The summed E-state index contributed by atoms with van der Waals surface area (Å²) in [5.41, 5.74) is 3.17. The van der Waals surface area contributed by atoms with Gasteiger partial charge in [-0.1, -0.05) is 19.1 Å². The number of hydrogen-bond acceptors (Lipinski definition) is 3. The van der Waals surface area contributed by atoms with Crippen LogP contribution in [0.4, 0.5) is 5.69 Å². The first-order chi connectivity index (χ1) is 10.7. The van der Waals surface area contributed by atoms with Crippen molar-refractivity contribution < 1.29 is 9.59 Å². The standard InChI is InChI=1S/C17H25N3O2/c1-2-8-18-9-10-19-16(21)5-3-4-13-6-7-15-14(11-13)12-17(22)20-15/h6-7,11,18H,2-5,8-10,12H2,1H3,(H,19,21)(H,20,22). The van der Waals surface area contributed by atoms with E-state index in [9.17, 15) is 9.59 Å². The molecule has 22 heavy (non-hydrogen) atoms. The second-order valence-corrected chi connectivity index (χ2v) is 5.67. The van der Waals surface area contributed by atoms with Gasteiger partial charge >= 0.3 is 0 Å². The predicted molar refractivity (Wildman–Crippen MR) is 87.9 cm³/mol. The second kappa shape index (κ2) is 8.54. The van der Waals surface area contributed by atoms with Crippen molar-refractivity contribution in [2.24, 2.45) is 0 Å². The topological polar surface area (TPSA) is 70.2 Å². The van der Waals surface area contributed by atoms with Crippen molar-refractivity contribution in [3.8, 4) is 0 Å². The quantitative estimate of drug-likeness (QED) is 0.607. The van der Waals surface area contributed by atoms with Crippen molar-refractivity contribution in [3.63, 3.8) is 0 Å². The van der Waals surface area contributed by atoms with Crippen LogP contribution in [0, 0.1) is 0 Å². The van der Waals surface area contributed by atoms with E-state index in [1.165, 1.54) is 5.56 Å². The van der Waals surface area contributed by atoms with Crippen molar-refractivity contribution in [1.29, 1.82) is 0 Å². The summed E-state index contributed by atoms with van der Waals surface area (Å²) in [5.74, 6) is 0.166. The SMILES string of the molecule is CCCNCCNC(=O)CCCc1ccc2c(c1)CC(=O)N2. The first kappa shape index (κ1) is 16.5. The number of amides is 2. The molecule has 1 aromatic rings. The smallest absolute Gasteiger partial charge is 0.228 e. The van der Waals surface area contributed by atoms with Gasteiger partial charge in [0.2, 0.25) is 11.8 Å². The van der Waals surface area contributed by atoms with Crippen molar-refractivity contribution in [2.75, 3.05) is 25.0 Å². The minimum atomic E-state index is 0.0585. The van der Waals surface area contributed by atoms with Gasteiger partial charge in [0.25, 0.3) is 0 Å². The highest BCUT2D eigenvalue weighted by Gasteiger charge is 2.17. The van der Waals surface area contributed by atoms with Crippen molar-refractivity contribution >= 4 is 17.5 Å². The Hall–Kier alpha value is -1.88. The summed E-state index contributed by atoms with van der Waals surface area (Å²) in [6.45, 7) is 4.62. The first-order valence-corrected chi connectivity index (χ1v) is 8.08. The molecule has 2 rings (SSSR count). The van der Waals surface area contributed by atoms with E-state index in [0.29, 0.717) is 19.4 Å². The molecule has 0 saturated heterocycles. The van der Waals surface area contributed by atoms with E-state index in [4.69, 9.17) is 0 Å². The van der Waals surface area contributed by atoms with Gasteiger partial charge in [0.15, 0.2) is 0 Å². The third kappa shape index (κ3) is 5.15. The summed E-state index contributed by atoms with van der Waals surface area (Å²) in [7, 11) is 0. The van der Waals surface area contributed by atoms with Gasteiger partial charge in [0, 0.05) is 25.2 Å².